The fourth-order valence-electron chi connectivity index (χ4n) is 0.385. The number of benzene rings is 1. The zero-order valence-corrected chi connectivity index (χ0v) is 8.88. The van der Waals surface area contributed by atoms with Gasteiger partial charge in [0.25, 0.3) is 0 Å². The number of hydrogen-bond acceptors (Lipinski definition) is 0. The third-order valence-electron chi connectivity index (χ3n) is 0.667. The van der Waals surface area contributed by atoms with Crippen molar-refractivity contribution in [2.45, 2.75) is 40.5 Å². The van der Waals surface area contributed by atoms with E-state index in [2.05, 4.69) is 27.7 Å². The van der Waals surface area contributed by atoms with Crippen LogP contribution < -0.4 is 0 Å². The molecule has 0 aromatic heterocycles. The Bertz CT molecular complexity index is 92.0. The normalized spacial score (nSPS) is 7.00. The van der Waals surface area contributed by atoms with Crippen LogP contribution in [0.1, 0.15) is 40.5 Å². The Morgan fingerprint density at radius 3 is 0.667 bits per heavy atom. The second-order valence-electron chi connectivity index (χ2n) is 2.57. The molecule has 12 heavy (non-hydrogen) atoms. The Kier molecular flexibility index (Phi) is 19.1. The highest BCUT2D eigenvalue weighted by molar-refractivity contribution is 4.99. The van der Waals surface area contributed by atoms with Gasteiger partial charge in [0.05, 0.1) is 0 Å². The Morgan fingerprint density at radius 1 is 0.500 bits per heavy atom. The highest BCUT2D eigenvalue weighted by atomic mass is 13.6. The minimum Gasteiger partial charge on any atom is -0.0656 e. The van der Waals surface area contributed by atoms with Gasteiger partial charge >= 0.3 is 0 Å². The monoisotopic (exact) mass is 166 g/mol. The molecule has 0 nitrogen and oxygen atoms in total. The molecule has 0 heterocycles. The van der Waals surface area contributed by atoms with E-state index in [1.807, 2.05) is 36.4 Å². The molecule has 0 aliphatic rings. The molecule has 0 radical (unpaired) electrons. The van der Waals surface area contributed by atoms with Crippen LogP contribution in [-0.4, -0.2) is 0 Å². The first kappa shape index (κ1) is 13.8. The van der Waals surface area contributed by atoms with E-state index in [1.54, 1.807) is 0 Å². The van der Waals surface area contributed by atoms with Crippen molar-refractivity contribution in [3.05, 3.63) is 36.4 Å². The van der Waals surface area contributed by atoms with Crippen LogP contribution in [0.5, 0.6) is 0 Å². The summed E-state index contributed by atoms with van der Waals surface area (Å²) in [5, 5.41) is 0. The maximum atomic E-state index is 2.12. The van der Waals surface area contributed by atoms with Crippen LogP contribution in [0.3, 0.4) is 0 Å². The largest absolute Gasteiger partial charge is 0.0656 e. The quantitative estimate of drug-likeness (QED) is 0.531. The molecule has 0 aliphatic carbocycles. The molecular weight excluding hydrogens is 144 g/mol. The van der Waals surface area contributed by atoms with Gasteiger partial charge in [-0.25, -0.2) is 0 Å². The molecule has 1 aromatic carbocycles. The van der Waals surface area contributed by atoms with Gasteiger partial charge in [0.2, 0.25) is 0 Å². The first-order valence-electron chi connectivity index (χ1n) is 4.83. The molecule has 0 heteroatoms. The lowest BCUT2D eigenvalue weighted by molar-refractivity contribution is 1.09. The summed E-state index contributed by atoms with van der Waals surface area (Å²) >= 11 is 0. The van der Waals surface area contributed by atoms with Gasteiger partial charge in [-0.2, -0.15) is 0 Å². The minimum absolute atomic E-state index is 1.25. The smallest absolute Gasteiger partial charge is 0.0590 e. The van der Waals surface area contributed by atoms with Crippen molar-refractivity contribution < 1.29 is 0 Å². The predicted octanol–water partition coefficient (Wildman–Crippen LogP) is 4.52. The van der Waals surface area contributed by atoms with E-state index in [9.17, 15) is 0 Å². The Labute approximate surface area is 77.6 Å². The fraction of sp³-hybridized carbons (Fsp3) is 0.500. The van der Waals surface area contributed by atoms with Gasteiger partial charge in [-0.3, -0.25) is 0 Å². The molecular formula is C12H22. The van der Waals surface area contributed by atoms with Crippen molar-refractivity contribution in [2.24, 2.45) is 0 Å². The molecule has 0 amide bonds. The number of rotatable bonds is 0. The van der Waals surface area contributed by atoms with Gasteiger partial charge in [-0.05, 0) is 0 Å². The lowest BCUT2D eigenvalue weighted by Gasteiger charge is -1.69. The summed E-state index contributed by atoms with van der Waals surface area (Å²) in [5.41, 5.74) is 0. The lowest BCUT2D eigenvalue weighted by Crippen LogP contribution is -1.47. The second kappa shape index (κ2) is 16.7. The van der Waals surface area contributed by atoms with Crippen LogP contribution in [-0.2, 0) is 0 Å². The molecule has 0 bridgehead atoms. The van der Waals surface area contributed by atoms with Crippen LogP contribution in [0.15, 0.2) is 36.4 Å². The zero-order chi connectivity index (χ0) is 9.66. The van der Waals surface area contributed by atoms with E-state index >= 15 is 0 Å². The van der Waals surface area contributed by atoms with Gasteiger partial charge in [-0.1, -0.05) is 76.9 Å². The third kappa shape index (κ3) is 22.9. The molecule has 1 rings (SSSR count). The van der Waals surface area contributed by atoms with Gasteiger partial charge < -0.3 is 0 Å². The van der Waals surface area contributed by atoms with Gasteiger partial charge in [0.15, 0.2) is 0 Å². The standard InChI is InChI=1S/C6H6.2C3H8/c1-2-4-6-5-3-1;2*1-3-2/h1-6H;2*3H2,1-2H3. The predicted molar refractivity (Wildman–Crippen MR) is 58.4 cm³/mol. The Balaban J connectivity index is 0. The summed E-state index contributed by atoms with van der Waals surface area (Å²) in [5.74, 6) is 0. The molecule has 0 unspecified atom stereocenters. The third-order valence-corrected chi connectivity index (χ3v) is 0.667. The lowest BCUT2D eigenvalue weighted by atomic mass is 10.4. The summed E-state index contributed by atoms with van der Waals surface area (Å²) in [6.45, 7) is 8.50. The van der Waals surface area contributed by atoms with Crippen LogP contribution in [0.25, 0.3) is 0 Å². The molecule has 0 fully saturated rings. The van der Waals surface area contributed by atoms with Gasteiger partial charge in [0, 0.05) is 0 Å². The molecule has 0 N–H and O–H groups in total. The van der Waals surface area contributed by atoms with Crippen molar-refractivity contribution in [1.82, 2.24) is 0 Å². The van der Waals surface area contributed by atoms with E-state index in [4.69, 9.17) is 0 Å². The minimum atomic E-state index is 1.25. The van der Waals surface area contributed by atoms with Crippen molar-refractivity contribution in [2.75, 3.05) is 0 Å². The fourth-order valence-corrected chi connectivity index (χ4v) is 0.385. The van der Waals surface area contributed by atoms with Crippen LogP contribution in [0, 0.1) is 0 Å². The highest BCUT2D eigenvalue weighted by Crippen LogP contribution is 1.79. The van der Waals surface area contributed by atoms with E-state index in [1.165, 1.54) is 12.8 Å². The summed E-state index contributed by atoms with van der Waals surface area (Å²) < 4.78 is 0. The van der Waals surface area contributed by atoms with Crippen molar-refractivity contribution >= 4 is 0 Å². The average Bonchev–Trinajstić information content (AvgIpc) is 2.10. The second-order valence-corrected chi connectivity index (χ2v) is 2.57. The summed E-state index contributed by atoms with van der Waals surface area (Å²) in [7, 11) is 0. The summed E-state index contributed by atoms with van der Waals surface area (Å²) in [6, 6.07) is 12.0. The maximum Gasteiger partial charge on any atom is -0.0590 e. The molecule has 0 atom stereocenters. The van der Waals surface area contributed by atoms with Crippen LogP contribution >= 0.6 is 0 Å². The number of hydrogen-bond donors (Lipinski definition) is 0. The van der Waals surface area contributed by atoms with Crippen molar-refractivity contribution in [1.29, 1.82) is 0 Å². The van der Waals surface area contributed by atoms with E-state index in [0.717, 1.165) is 0 Å². The Hall–Kier alpha value is -0.780. The Morgan fingerprint density at radius 2 is 0.583 bits per heavy atom. The topological polar surface area (TPSA) is 0 Å². The SMILES string of the molecule is CCC.CCC.c1ccccc1. The molecule has 1 aromatic rings. The molecule has 70 valence electrons. The van der Waals surface area contributed by atoms with Crippen LogP contribution in [0.4, 0.5) is 0 Å². The molecule has 0 spiro atoms. The maximum absolute atomic E-state index is 2.12. The molecule has 0 aliphatic heterocycles. The van der Waals surface area contributed by atoms with Gasteiger partial charge in [-0.15, -0.1) is 0 Å². The van der Waals surface area contributed by atoms with E-state index in [-0.39, 0.29) is 0 Å². The van der Waals surface area contributed by atoms with Crippen LogP contribution in [0.2, 0.25) is 0 Å². The highest BCUT2D eigenvalue weighted by Gasteiger charge is 1.57. The van der Waals surface area contributed by atoms with E-state index in [0.29, 0.717) is 0 Å². The first-order chi connectivity index (χ1) is 5.83. The summed E-state index contributed by atoms with van der Waals surface area (Å²) in [4.78, 5) is 0. The summed E-state index contributed by atoms with van der Waals surface area (Å²) in [6.07, 6.45) is 2.50. The van der Waals surface area contributed by atoms with E-state index < -0.39 is 0 Å². The van der Waals surface area contributed by atoms with Crippen molar-refractivity contribution in [3.63, 3.8) is 0 Å². The zero-order valence-electron chi connectivity index (χ0n) is 8.88. The first-order valence-corrected chi connectivity index (χ1v) is 4.83. The van der Waals surface area contributed by atoms with Crippen molar-refractivity contribution in [3.8, 4) is 0 Å². The molecule has 0 saturated heterocycles. The average molecular weight is 166 g/mol. The van der Waals surface area contributed by atoms with Gasteiger partial charge in [0.1, 0.15) is 0 Å². The molecule has 0 saturated carbocycles.